The van der Waals surface area contributed by atoms with Gasteiger partial charge >= 0.3 is 0 Å². The Hall–Kier alpha value is -0.570. The van der Waals surface area contributed by atoms with E-state index in [1.165, 1.54) is 25.7 Å². The number of fused-ring (bicyclic) bond motifs is 2. The smallest absolute Gasteiger partial charge is 0.231 e. The predicted octanol–water partition coefficient (Wildman–Crippen LogP) is 2.59. The summed E-state index contributed by atoms with van der Waals surface area (Å²) in [5.41, 5.74) is -0.591. The zero-order valence-electron chi connectivity index (χ0n) is 12.0. The number of ether oxygens (including phenoxy) is 1. The molecule has 0 aromatic rings. The molecule has 3 rings (SSSR count). The van der Waals surface area contributed by atoms with Crippen molar-refractivity contribution in [3.8, 4) is 0 Å². The molecule has 1 saturated carbocycles. The summed E-state index contributed by atoms with van der Waals surface area (Å²) in [4.78, 5) is 15.0. The Kier molecular flexibility index (Phi) is 2.58. The molecule has 0 aromatic carbocycles. The Morgan fingerprint density at radius 1 is 1.11 bits per heavy atom. The quantitative estimate of drug-likeness (QED) is 0.717. The molecular formula is C15H25NO2. The third-order valence-corrected chi connectivity index (χ3v) is 5.18. The monoisotopic (exact) mass is 251 g/mol. The second kappa shape index (κ2) is 3.72. The fraction of sp³-hybridized carbons (Fsp3) is 0.933. The highest BCUT2D eigenvalue weighted by molar-refractivity contribution is 5.82. The van der Waals surface area contributed by atoms with Gasteiger partial charge in [-0.3, -0.25) is 4.79 Å². The van der Waals surface area contributed by atoms with Crippen LogP contribution in [0.1, 0.15) is 53.4 Å². The van der Waals surface area contributed by atoms with E-state index in [0.717, 1.165) is 12.5 Å². The summed E-state index contributed by atoms with van der Waals surface area (Å²) < 4.78 is 5.87. The highest BCUT2D eigenvalue weighted by Crippen LogP contribution is 2.49. The number of likely N-dealkylation sites (tertiary alicyclic amines) is 1. The maximum Gasteiger partial charge on any atom is 0.231 e. The molecule has 0 N–H and O–H groups in total. The third kappa shape index (κ3) is 1.70. The minimum Gasteiger partial charge on any atom is -0.368 e. The SMILES string of the molecule is CC1(C)OC(C)(C)C1C(=O)N1CCC2CCC1C2. The number of amides is 1. The van der Waals surface area contributed by atoms with Crippen molar-refractivity contribution >= 4 is 5.91 Å². The summed E-state index contributed by atoms with van der Waals surface area (Å²) in [6.07, 6.45) is 4.98. The van der Waals surface area contributed by atoms with Gasteiger partial charge in [-0.05, 0) is 59.3 Å². The average molecular weight is 251 g/mol. The van der Waals surface area contributed by atoms with Gasteiger partial charge in [0, 0.05) is 12.6 Å². The third-order valence-electron chi connectivity index (χ3n) is 5.18. The first-order chi connectivity index (χ1) is 8.31. The number of carbonyl (C=O) groups excluding carboxylic acids is 1. The summed E-state index contributed by atoms with van der Waals surface area (Å²) in [7, 11) is 0. The van der Waals surface area contributed by atoms with Crippen LogP contribution < -0.4 is 0 Å². The number of rotatable bonds is 1. The van der Waals surface area contributed by atoms with Crippen LogP contribution in [-0.4, -0.2) is 34.6 Å². The van der Waals surface area contributed by atoms with Gasteiger partial charge in [0.05, 0.1) is 17.1 Å². The van der Waals surface area contributed by atoms with Gasteiger partial charge in [0.2, 0.25) is 5.91 Å². The highest BCUT2D eigenvalue weighted by Gasteiger charge is 2.60. The molecule has 3 aliphatic rings. The Morgan fingerprint density at radius 3 is 2.39 bits per heavy atom. The predicted molar refractivity (Wildman–Crippen MR) is 70.2 cm³/mol. The van der Waals surface area contributed by atoms with Crippen molar-refractivity contribution in [1.29, 1.82) is 0 Å². The fourth-order valence-corrected chi connectivity index (χ4v) is 4.72. The van der Waals surface area contributed by atoms with Crippen LogP contribution in [0.25, 0.3) is 0 Å². The van der Waals surface area contributed by atoms with Crippen molar-refractivity contribution in [2.75, 3.05) is 6.54 Å². The van der Waals surface area contributed by atoms with Crippen molar-refractivity contribution in [2.45, 2.75) is 70.6 Å². The van der Waals surface area contributed by atoms with Gasteiger partial charge in [-0.2, -0.15) is 0 Å². The molecule has 1 amide bonds. The van der Waals surface area contributed by atoms with Crippen LogP contribution in [0.3, 0.4) is 0 Å². The van der Waals surface area contributed by atoms with E-state index in [1.807, 2.05) is 27.7 Å². The topological polar surface area (TPSA) is 29.5 Å². The zero-order chi connectivity index (χ0) is 13.1. The van der Waals surface area contributed by atoms with E-state index in [-0.39, 0.29) is 17.1 Å². The van der Waals surface area contributed by atoms with E-state index in [1.54, 1.807) is 0 Å². The second-order valence-corrected chi connectivity index (χ2v) is 7.40. The van der Waals surface area contributed by atoms with E-state index in [9.17, 15) is 4.79 Å². The van der Waals surface area contributed by atoms with Crippen molar-refractivity contribution in [3.05, 3.63) is 0 Å². The van der Waals surface area contributed by atoms with Crippen LogP contribution >= 0.6 is 0 Å². The van der Waals surface area contributed by atoms with Crippen LogP contribution in [-0.2, 0) is 9.53 Å². The normalized spacial score (nSPS) is 37.4. The summed E-state index contributed by atoms with van der Waals surface area (Å²) >= 11 is 0. The standard InChI is InChI=1S/C15H25NO2/c1-14(2)12(15(3,4)18-14)13(17)16-8-7-10-5-6-11(16)9-10/h10-12H,5-9H2,1-4H3. The minimum atomic E-state index is -0.296. The van der Waals surface area contributed by atoms with E-state index in [4.69, 9.17) is 4.74 Å². The lowest BCUT2D eigenvalue weighted by atomic mass is 9.70. The molecular weight excluding hydrogens is 226 g/mol. The van der Waals surface area contributed by atoms with Gasteiger partial charge in [-0.15, -0.1) is 0 Å². The molecule has 2 aliphatic heterocycles. The first kappa shape index (κ1) is 12.5. The zero-order valence-corrected chi connectivity index (χ0v) is 12.0. The molecule has 1 aliphatic carbocycles. The molecule has 2 heterocycles. The number of hydrogen-bond acceptors (Lipinski definition) is 2. The molecule has 3 heteroatoms. The van der Waals surface area contributed by atoms with Gasteiger partial charge < -0.3 is 9.64 Å². The van der Waals surface area contributed by atoms with E-state index in [2.05, 4.69) is 4.90 Å². The van der Waals surface area contributed by atoms with Crippen LogP contribution in [0.5, 0.6) is 0 Å². The van der Waals surface area contributed by atoms with Gasteiger partial charge in [0.1, 0.15) is 0 Å². The van der Waals surface area contributed by atoms with Crippen LogP contribution in [0.15, 0.2) is 0 Å². The number of nitrogens with zero attached hydrogens (tertiary/aromatic N) is 1. The Bertz CT molecular complexity index is 361. The molecule has 0 aromatic heterocycles. The van der Waals surface area contributed by atoms with E-state index >= 15 is 0 Å². The summed E-state index contributed by atoms with van der Waals surface area (Å²) in [5.74, 6) is 1.24. The maximum atomic E-state index is 12.8. The lowest BCUT2D eigenvalue weighted by molar-refractivity contribution is -0.286. The van der Waals surface area contributed by atoms with Gasteiger partial charge in [-0.25, -0.2) is 0 Å². The summed E-state index contributed by atoms with van der Waals surface area (Å²) in [5, 5.41) is 0. The van der Waals surface area contributed by atoms with Crippen molar-refractivity contribution in [1.82, 2.24) is 4.90 Å². The Balaban J connectivity index is 1.78. The molecule has 3 nitrogen and oxygen atoms in total. The van der Waals surface area contributed by atoms with Gasteiger partial charge in [-0.1, -0.05) is 0 Å². The Labute approximate surface area is 110 Å². The summed E-state index contributed by atoms with van der Waals surface area (Å²) in [6, 6.07) is 0.517. The lowest BCUT2D eigenvalue weighted by Crippen LogP contribution is -2.68. The largest absolute Gasteiger partial charge is 0.368 e. The summed E-state index contributed by atoms with van der Waals surface area (Å²) in [6.45, 7) is 9.14. The average Bonchev–Trinajstić information content (AvgIpc) is 2.57. The minimum absolute atomic E-state index is 0.0159. The van der Waals surface area contributed by atoms with Crippen molar-refractivity contribution in [2.24, 2.45) is 11.8 Å². The molecule has 3 fully saturated rings. The molecule has 0 radical (unpaired) electrons. The maximum absolute atomic E-state index is 12.8. The molecule has 102 valence electrons. The van der Waals surface area contributed by atoms with Gasteiger partial charge in [0.15, 0.2) is 0 Å². The molecule has 0 spiro atoms. The fourth-order valence-electron chi connectivity index (χ4n) is 4.72. The molecule has 18 heavy (non-hydrogen) atoms. The lowest BCUT2D eigenvalue weighted by Gasteiger charge is -2.57. The Morgan fingerprint density at radius 2 is 1.78 bits per heavy atom. The van der Waals surface area contributed by atoms with Crippen LogP contribution in [0, 0.1) is 11.8 Å². The molecule has 2 unspecified atom stereocenters. The van der Waals surface area contributed by atoms with E-state index in [0.29, 0.717) is 11.9 Å². The second-order valence-electron chi connectivity index (χ2n) is 7.40. The first-order valence-electron chi connectivity index (χ1n) is 7.32. The molecule has 2 atom stereocenters. The molecule has 2 bridgehead atoms. The number of hydrogen-bond donors (Lipinski definition) is 0. The van der Waals surface area contributed by atoms with E-state index < -0.39 is 0 Å². The highest BCUT2D eigenvalue weighted by atomic mass is 16.6. The first-order valence-corrected chi connectivity index (χ1v) is 7.32. The molecule has 2 saturated heterocycles. The van der Waals surface area contributed by atoms with Crippen LogP contribution in [0.2, 0.25) is 0 Å². The number of carbonyl (C=O) groups is 1. The van der Waals surface area contributed by atoms with Gasteiger partial charge in [0.25, 0.3) is 0 Å². The van der Waals surface area contributed by atoms with Crippen molar-refractivity contribution < 1.29 is 9.53 Å². The van der Waals surface area contributed by atoms with Crippen molar-refractivity contribution in [3.63, 3.8) is 0 Å². The number of piperidine rings is 1. The van der Waals surface area contributed by atoms with Crippen LogP contribution in [0.4, 0.5) is 0 Å².